The second-order valence-corrected chi connectivity index (χ2v) is 8.96. The monoisotopic (exact) mass is 484 g/mol. The molecule has 2 N–H and O–H groups in total. The fraction of sp³-hybridized carbons (Fsp3) is 0.476. The third kappa shape index (κ3) is 4.34. The van der Waals surface area contributed by atoms with Gasteiger partial charge in [0.15, 0.2) is 5.69 Å². The minimum atomic E-state index is -0.0292. The van der Waals surface area contributed by atoms with Gasteiger partial charge in [-0.15, -0.1) is 10.2 Å². The number of fused-ring (bicyclic) bond motifs is 1. The van der Waals surface area contributed by atoms with Crippen molar-refractivity contribution in [3.63, 3.8) is 0 Å². The Morgan fingerprint density at radius 2 is 1.45 bits per heavy atom. The van der Waals surface area contributed by atoms with Gasteiger partial charge < -0.3 is 19.9 Å². The quantitative estimate of drug-likeness (QED) is 0.491. The molecule has 0 spiro atoms. The summed E-state index contributed by atoms with van der Waals surface area (Å²) in [6.07, 6.45) is 7.03. The summed E-state index contributed by atoms with van der Waals surface area (Å²) >= 11 is 3.47. The van der Waals surface area contributed by atoms with E-state index in [0.29, 0.717) is 17.6 Å². The number of hydrogen-bond donors (Lipinski definition) is 2. The van der Waals surface area contributed by atoms with Crippen LogP contribution in [0, 0.1) is 0 Å². The summed E-state index contributed by atoms with van der Waals surface area (Å²) in [7, 11) is 0. The van der Waals surface area contributed by atoms with Crippen LogP contribution in [0.3, 0.4) is 0 Å². The van der Waals surface area contributed by atoms with Crippen molar-refractivity contribution in [2.45, 2.75) is 38.5 Å². The molecule has 0 bridgehead atoms. The highest BCUT2D eigenvalue weighted by molar-refractivity contribution is 9.10. The highest BCUT2D eigenvalue weighted by atomic mass is 79.9. The van der Waals surface area contributed by atoms with Gasteiger partial charge in [0, 0.05) is 36.0 Å². The summed E-state index contributed by atoms with van der Waals surface area (Å²) in [5.74, 6) is 1.56. The van der Waals surface area contributed by atoms with Crippen LogP contribution in [0.4, 0.5) is 23.5 Å². The van der Waals surface area contributed by atoms with Crippen molar-refractivity contribution in [2.24, 2.45) is 10.2 Å². The predicted octanol–water partition coefficient (Wildman–Crippen LogP) is 5.22. The minimum absolute atomic E-state index is 0.0292. The lowest BCUT2D eigenvalue weighted by molar-refractivity contribution is 0.459. The van der Waals surface area contributed by atoms with Crippen molar-refractivity contribution in [1.29, 1.82) is 0 Å². The van der Waals surface area contributed by atoms with E-state index in [1.807, 2.05) is 18.2 Å². The Balaban J connectivity index is 1.51. The lowest BCUT2D eigenvalue weighted by atomic mass is 10.1. The Hall–Kier alpha value is -2.75. The summed E-state index contributed by atoms with van der Waals surface area (Å²) in [6.45, 7) is 3.77. The molecule has 0 saturated carbocycles. The predicted molar refractivity (Wildman–Crippen MR) is 124 cm³/mol. The molecule has 3 aromatic rings. The number of aromatic amines is 1. The van der Waals surface area contributed by atoms with E-state index >= 15 is 0 Å². The molecule has 2 aliphatic heterocycles. The Bertz CT molecular complexity index is 1070. The van der Waals surface area contributed by atoms with E-state index in [9.17, 15) is 5.11 Å². The molecule has 5 rings (SSSR count). The van der Waals surface area contributed by atoms with Gasteiger partial charge in [-0.1, -0.05) is 15.9 Å². The number of piperidine rings is 2. The first-order chi connectivity index (χ1) is 15.2. The number of anilines is 2. The molecule has 0 amide bonds. The summed E-state index contributed by atoms with van der Waals surface area (Å²) in [4.78, 5) is 21.3. The smallest absolute Gasteiger partial charge is 0.275 e. The number of aromatic hydroxyl groups is 1. The van der Waals surface area contributed by atoms with Gasteiger partial charge in [-0.05, 0) is 56.7 Å². The van der Waals surface area contributed by atoms with Crippen LogP contribution < -0.4 is 9.80 Å². The molecule has 9 nitrogen and oxygen atoms in total. The van der Waals surface area contributed by atoms with Crippen LogP contribution in [0.1, 0.15) is 38.5 Å². The molecule has 2 fully saturated rings. The zero-order chi connectivity index (χ0) is 21.2. The third-order valence-electron chi connectivity index (χ3n) is 5.83. The maximum atomic E-state index is 10.3. The standard InChI is InChI=1S/C21H25BrN8O/c22-14-7-8-16-15(13-14)17(18(31)23-16)27-28-19-24-20(29-9-3-1-4-10-29)26-21(25-19)30-11-5-2-6-12-30/h7-8,13,23,31H,1-6,9-12H2. The number of rotatable bonds is 4. The van der Waals surface area contributed by atoms with Crippen molar-refractivity contribution in [3.05, 3.63) is 22.7 Å². The number of azo groups is 1. The summed E-state index contributed by atoms with van der Waals surface area (Å²) in [5.41, 5.74) is 1.16. The number of halogens is 1. The molecule has 2 saturated heterocycles. The lowest BCUT2D eigenvalue weighted by Crippen LogP contribution is -2.34. The topological polar surface area (TPSA) is 106 Å². The second-order valence-electron chi connectivity index (χ2n) is 8.04. The van der Waals surface area contributed by atoms with Crippen LogP contribution in [0.2, 0.25) is 0 Å². The van der Waals surface area contributed by atoms with Gasteiger partial charge in [0.1, 0.15) is 0 Å². The van der Waals surface area contributed by atoms with Crippen LogP contribution in [0.15, 0.2) is 32.9 Å². The Morgan fingerprint density at radius 3 is 2.06 bits per heavy atom. The number of benzene rings is 1. The molecular formula is C21H25BrN8O. The normalized spacial score (nSPS) is 17.7. The van der Waals surface area contributed by atoms with E-state index < -0.39 is 0 Å². The number of H-pyrrole nitrogens is 1. The van der Waals surface area contributed by atoms with Crippen molar-refractivity contribution in [2.75, 3.05) is 36.0 Å². The van der Waals surface area contributed by atoms with E-state index in [0.717, 1.165) is 67.2 Å². The molecule has 162 valence electrons. The Labute approximate surface area is 188 Å². The molecule has 10 heteroatoms. The second kappa shape index (κ2) is 8.78. The number of nitrogens with one attached hydrogen (secondary N) is 1. The van der Waals surface area contributed by atoms with Gasteiger partial charge in [0.25, 0.3) is 5.95 Å². The molecule has 4 heterocycles. The molecule has 31 heavy (non-hydrogen) atoms. The first-order valence-electron chi connectivity index (χ1n) is 10.9. The van der Waals surface area contributed by atoms with Crippen LogP contribution >= 0.6 is 15.9 Å². The van der Waals surface area contributed by atoms with Crippen LogP contribution in [-0.4, -0.2) is 51.2 Å². The average Bonchev–Trinajstić information content (AvgIpc) is 3.12. The molecule has 0 aliphatic carbocycles. The van der Waals surface area contributed by atoms with Gasteiger partial charge in [0.05, 0.1) is 5.52 Å². The molecule has 2 aliphatic rings. The van der Waals surface area contributed by atoms with Gasteiger partial charge in [-0.25, -0.2) is 0 Å². The Kier molecular flexibility index (Phi) is 5.71. The lowest BCUT2D eigenvalue weighted by Gasteiger charge is -2.29. The number of hydrogen-bond acceptors (Lipinski definition) is 8. The van der Waals surface area contributed by atoms with Crippen LogP contribution in [0.5, 0.6) is 5.88 Å². The van der Waals surface area contributed by atoms with E-state index in [-0.39, 0.29) is 11.8 Å². The highest BCUT2D eigenvalue weighted by Gasteiger charge is 2.20. The first kappa shape index (κ1) is 20.2. The highest BCUT2D eigenvalue weighted by Crippen LogP contribution is 2.37. The van der Waals surface area contributed by atoms with Gasteiger partial charge in [-0.3, -0.25) is 0 Å². The molecule has 2 aromatic heterocycles. The summed E-state index contributed by atoms with van der Waals surface area (Å²) in [6, 6.07) is 5.68. The molecule has 0 atom stereocenters. The maximum Gasteiger partial charge on any atom is 0.275 e. The van der Waals surface area contributed by atoms with E-state index in [4.69, 9.17) is 4.98 Å². The fourth-order valence-electron chi connectivity index (χ4n) is 4.19. The Morgan fingerprint density at radius 1 is 0.839 bits per heavy atom. The van der Waals surface area contributed by atoms with E-state index in [1.165, 1.54) is 12.8 Å². The van der Waals surface area contributed by atoms with E-state index in [1.54, 1.807) is 0 Å². The van der Waals surface area contributed by atoms with Gasteiger partial charge >= 0.3 is 0 Å². The van der Waals surface area contributed by atoms with Crippen LogP contribution in [0.25, 0.3) is 10.9 Å². The summed E-state index contributed by atoms with van der Waals surface area (Å²) in [5, 5.41) is 19.7. The zero-order valence-electron chi connectivity index (χ0n) is 17.3. The summed E-state index contributed by atoms with van der Waals surface area (Å²) < 4.78 is 0.899. The number of aromatic nitrogens is 4. The van der Waals surface area contributed by atoms with Gasteiger partial charge in [-0.2, -0.15) is 15.0 Å². The maximum absolute atomic E-state index is 10.3. The average molecular weight is 485 g/mol. The van der Waals surface area contributed by atoms with Crippen molar-refractivity contribution < 1.29 is 5.11 Å². The van der Waals surface area contributed by atoms with E-state index in [2.05, 4.69) is 50.9 Å². The third-order valence-corrected chi connectivity index (χ3v) is 6.32. The van der Waals surface area contributed by atoms with Crippen LogP contribution in [-0.2, 0) is 0 Å². The fourth-order valence-corrected chi connectivity index (χ4v) is 4.55. The van der Waals surface area contributed by atoms with Crippen molar-refractivity contribution >= 4 is 50.4 Å². The largest absolute Gasteiger partial charge is 0.493 e. The molecular weight excluding hydrogens is 460 g/mol. The van der Waals surface area contributed by atoms with Crippen molar-refractivity contribution in [1.82, 2.24) is 19.9 Å². The zero-order valence-corrected chi connectivity index (χ0v) is 18.8. The first-order valence-corrected chi connectivity index (χ1v) is 11.6. The van der Waals surface area contributed by atoms with Gasteiger partial charge in [0.2, 0.25) is 17.8 Å². The number of nitrogens with zero attached hydrogens (tertiary/aromatic N) is 7. The molecule has 1 aromatic carbocycles. The minimum Gasteiger partial charge on any atom is -0.493 e. The van der Waals surface area contributed by atoms with Crippen molar-refractivity contribution in [3.8, 4) is 5.88 Å². The SMILES string of the molecule is Oc1[nH]c2ccc(Br)cc2c1N=Nc1nc(N2CCCCC2)nc(N2CCCCC2)n1. The molecule has 0 unspecified atom stereocenters. The molecule has 0 radical (unpaired) electrons.